The molecule has 3 rings (SSSR count). The highest BCUT2D eigenvalue weighted by Crippen LogP contribution is 2.34. The smallest absolute Gasteiger partial charge is 0.149 e. The van der Waals surface area contributed by atoms with Crippen molar-refractivity contribution < 1.29 is 4.74 Å². The van der Waals surface area contributed by atoms with E-state index in [4.69, 9.17) is 10.5 Å². The van der Waals surface area contributed by atoms with Crippen molar-refractivity contribution in [3.8, 4) is 16.9 Å². The van der Waals surface area contributed by atoms with Gasteiger partial charge < -0.3 is 15.8 Å². The third-order valence-electron chi connectivity index (χ3n) is 3.39. The molecule has 1 aliphatic rings. The maximum atomic E-state index is 5.94. The Balaban J connectivity index is 0.000000847. The van der Waals surface area contributed by atoms with Crippen molar-refractivity contribution >= 4 is 11.5 Å². The number of nitrogen functional groups attached to an aromatic ring is 1. The minimum Gasteiger partial charge on any atom is -0.494 e. The molecule has 1 aliphatic heterocycles. The lowest BCUT2D eigenvalue weighted by Crippen LogP contribution is -2.19. The van der Waals surface area contributed by atoms with Crippen molar-refractivity contribution in [2.24, 2.45) is 4.99 Å². The van der Waals surface area contributed by atoms with Gasteiger partial charge in [-0.2, -0.15) is 0 Å². The van der Waals surface area contributed by atoms with Gasteiger partial charge in [-0.05, 0) is 11.6 Å². The zero-order valence-corrected chi connectivity index (χ0v) is 13.4. The Labute approximate surface area is 132 Å². The molecule has 0 saturated heterocycles. The molecule has 0 unspecified atom stereocenters. The second-order valence-corrected chi connectivity index (χ2v) is 4.66. The molecule has 0 spiro atoms. The van der Waals surface area contributed by atoms with Crippen LogP contribution in [0.3, 0.4) is 0 Å². The molecule has 0 aromatic heterocycles. The summed E-state index contributed by atoms with van der Waals surface area (Å²) in [6, 6.07) is 14.0. The standard InChI is InChI=1S/C16H17N3O.C2H6/c1-20-15-13(3-2-4-14(15)17)11-5-7-12(8-6-11)16-18-9-10-19-16;1-2/h2-8H,9-10,17H2,1H3,(H,18,19);1-2H3. The molecule has 4 heteroatoms. The SMILES string of the molecule is CC.COc1c(N)cccc1-c1ccc(C2=NCCN2)cc1. The van der Waals surface area contributed by atoms with Crippen LogP contribution in [0.25, 0.3) is 11.1 Å². The molecule has 2 aromatic carbocycles. The first kappa shape index (κ1) is 15.9. The lowest BCUT2D eigenvalue weighted by Gasteiger charge is -2.11. The van der Waals surface area contributed by atoms with E-state index in [1.54, 1.807) is 7.11 Å². The van der Waals surface area contributed by atoms with Crippen LogP contribution in [0.1, 0.15) is 19.4 Å². The van der Waals surface area contributed by atoms with Crippen LogP contribution in [0.5, 0.6) is 5.75 Å². The first-order valence-corrected chi connectivity index (χ1v) is 7.61. The summed E-state index contributed by atoms with van der Waals surface area (Å²) >= 11 is 0. The molecule has 0 bridgehead atoms. The van der Waals surface area contributed by atoms with Crippen molar-refractivity contribution in [1.82, 2.24) is 5.32 Å². The number of ether oxygens (including phenoxy) is 1. The van der Waals surface area contributed by atoms with Gasteiger partial charge in [0.05, 0.1) is 19.3 Å². The number of nitrogens with two attached hydrogens (primary N) is 1. The number of anilines is 1. The third kappa shape index (κ3) is 3.22. The number of aliphatic imine (C=N–C) groups is 1. The summed E-state index contributed by atoms with van der Waals surface area (Å²) in [6.07, 6.45) is 0. The fraction of sp³-hybridized carbons (Fsp3) is 0.278. The number of nitrogens with one attached hydrogen (secondary N) is 1. The summed E-state index contributed by atoms with van der Waals surface area (Å²) in [5.41, 5.74) is 9.78. The van der Waals surface area contributed by atoms with Crippen molar-refractivity contribution in [2.75, 3.05) is 25.9 Å². The summed E-state index contributed by atoms with van der Waals surface area (Å²) in [4.78, 5) is 4.42. The van der Waals surface area contributed by atoms with Crippen molar-refractivity contribution in [1.29, 1.82) is 0 Å². The predicted octanol–water partition coefficient (Wildman–Crippen LogP) is 3.32. The third-order valence-corrected chi connectivity index (χ3v) is 3.39. The van der Waals surface area contributed by atoms with Crippen LogP contribution >= 0.6 is 0 Å². The van der Waals surface area contributed by atoms with Crippen molar-refractivity contribution in [3.05, 3.63) is 48.0 Å². The number of nitrogens with zero attached hydrogens (tertiary/aromatic N) is 1. The van der Waals surface area contributed by atoms with Crippen LogP contribution in [0.2, 0.25) is 0 Å². The highest BCUT2D eigenvalue weighted by atomic mass is 16.5. The molecule has 0 aliphatic carbocycles. The zero-order valence-electron chi connectivity index (χ0n) is 13.4. The van der Waals surface area contributed by atoms with Gasteiger partial charge in [-0.3, -0.25) is 4.99 Å². The summed E-state index contributed by atoms with van der Waals surface area (Å²) in [5, 5.41) is 3.27. The predicted molar refractivity (Wildman–Crippen MR) is 93.6 cm³/mol. The maximum Gasteiger partial charge on any atom is 0.149 e. The van der Waals surface area contributed by atoms with E-state index >= 15 is 0 Å². The van der Waals surface area contributed by atoms with Crippen LogP contribution in [0, 0.1) is 0 Å². The molecule has 0 radical (unpaired) electrons. The number of methoxy groups -OCH3 is 1. The van der Waals surface area contributed by atoms with Crippen LogP contribution in [0.4, 0.5) is 5.69 Å². The number of benzene rings is 2. The van der Waals surface area contributed by atoms with Crippen LogP contribution in [0.15, 0.2) is 47.5 Å². The number of hydrogen-bond donors (Lipinski definition) is 2. The Kier molecular flexibility index (Phi) is 5.42. The van der Waals surface area contributed by atoms with E-state index in [1.165, 1.54) is 0 Å². The van der Waals surface area contributed by atoms with Gasteiger partial charge in [0.15, 0.2) is 0 Å². The zero-order chi connectivity index (χ0) is 15.9. The summed E-state index contributed by atoms with van der Waals surface area (Å²) < 4.78 is 5.40. The number of amidine groups is 1. The minimum absolute atomic E-state index is 0.649. The largest absolute Gasteiger partial charge is 0.494 e. The van der Waals surface area contributed by atoms with Crippen LogP contribution < -0.4 is 15.8 Å². The first-order valence-electron chi connectivity index (χ1n) is 7.61. The van der Waals surface area contributed by atoms with Crippen LogP contribution in [-0.2, 0) is 0 Å². The van der Waals surface area contributed by atoms with E-state index in [9.17, 15) is 0 Å². The van der Waals surface area contributed by atoms with Gasteiger partial charge >= 0.3 is 0 Å². The lowest BCUT2D eigenvalue weighted by atomic mass is 10.0. The summed E-state index contributed by atoms with van der Waals surface area (Å²) in [7, 11) is 1.64. The monoisotopic (exact) mass is 297 g/mol. The van der Waals surface area contributed by atoms with Crippen molar-refractivity contribution in [3.63, 3.8) is 0 Å². The Morgan fingerprint density at radius 1 is 1.05 bits per heavy atom. The summed E-state index contributed by atoms with van der Waals surface area (Å²) in [6.45, 7) is 5.76. The second-order valence-electron chi connectivity index (χ2n) is 4.66. The molecule has 0 fully saturated rings. The number of hydrogen-bond acceptors (Lipinski definition) is 4. The average Bonchev–Trinajstić information content (AvgIpc) is 3.11. The van der Waals surface area contributed by atoms with Crippen molar-refractivity contribution in [2.45, 2.75) is 13.8 Å². The molecule has 116 valence electrons. The topological polar surface area (TPSA) is 59.6 Å². The van der Waals surface area contributed by atoms with E-state index in [0.29, 0.717) is 5.69 Å². The van der Waals surface area contributed by atoms with E-state index < -0.39 is 0 Å². The second kappa shape index (κ2) is 7.50. The fourth-order valence-corrected chi connectivity index (χ4v) is 2.41. The van der Waals surface area contributed by atoms with Gasteiger partial charge in [0.1, 0.15) is 11.6 Å². The van der Waals surface area contributed by atoms with Gasteiger partial charge in [-0.1, -0.05) is 50.2 Å². The fourth-order valence-electron chi connectivity index (χ4n) is 2.41. The Morgan fingerprint density at radius 2 is 1.73 bits per heavy atom. The summed E-state index contributed by atoms with van der Waals surface area (Å²) in [5.74, 6) is 1.69. The highest BCUT2D eigenvalue weighted by Gasteiger charge is 2.11. The van der Waals surface area contributed by atoms with Gasteiger partial charge in [-0.25, -0.2) is 0 Å². The lowest BCUT2D eigenvalue weighted by molar-refractivity contribution is 0.418. The molecule has 0 amide bonds. The molecule has 4 nitrogen and oxygen atoms in total. The molecule has 3 N–H and O–H groups in total. The maximum absolute atomic E-state index is 5.94. The van der Waals surface area contributed by atoms with E-state index in [0.717, 1.165) is 41.4 Å². The number of rotatable bonds is 3. The Morgan fingerprint density at radius 3 is 2.32 bits per heavy atom. The van der Waals surface area contributed by atoms with Gasteiger partial charge in [0.2, 0.25) is 0 Å². The van der Waals surface area contributed by atoms with Gasteiger partial charge in [-0.15, -0.1) is 0 Å². The molecule has 22 heavy (non-hydrogen) atoms. The van der Waals surface area contributed by atoms with Crippen LogP contribution in [-0.4, -0.2) is 26.0 Å². The minimum atomic E-state index is 0.649. The highest BCUT2D eigenvalue weighted by molar-refractivity contribution is 6.00. The average molecular weight is 297 g/mol. The molecule has 2 aromatic rings. The number of para-hydroxylation sites is 1. The Bertz CT molecular complexity index is 648. The molecule has 0 atom stereocenters. The van der Waals surface area contributed by atoms with Gasteiger partial charge in [0.25, 0.3) is 0 Å². The van der Waals surface area contributed by atoms with E-state index in [-0.39, 0.29) is 0 Å². The molecular weight excluding hydrogens is 274 g/mol. The van der Waals surface area contributed by atoms with E-state index in [1.807, 2.05) is 32.0 Å². The molecule has 0 saturated carbocycles. The van der Waals surface area contributed by atoms with E-state index in [2.05, 4.69) is 34.6 Å². The normalized spacial score (nSPS) is 12.8. The molecular formula is C18H23N3O. The quantitative estimate of drug-likeness (QED) is 0.854. The first-order chi connectivity index (χ1) is 10.8. The van der Waals surface area contributed by atoms with Gasteiger partial charge in [0, 0.05) is 17.7 Å². The Hall–Kier alpha value is -2.49. The molecule has 1 heterocycles.